The molecule has 0 saturated carbocycles. The van der Waals surface area contributed by atoms with Gasteiger partial charge in [0.15, 0.2) is 0 Å². The number of carbonyl (C=O) groups excluding carboxylic acids is 12. The van der Waals surface area contributed by atoms with Crippen LogP contribution in [0.2, 0.25) is 0 Å². The fraction of sp³-hybridized carbons (Fsp3) is 0.478. The largest absolute Gasteiger partial charge is 1.00 e. The number of carboxylic acid groups (broad SMARTS) is 2. The minimum absolute atomic E-state index is 0. The van der Waals surface area contributed by atoms with E-state index >= 15 is 4.79 Å². The number of carboxylic acids is 2. The van der Waals surface area contributed by atoms with Crippen LogP contribution in [0.15, 0.2) is 60.7 Å². The Bertz CT molecular complexity index is 2620. The van der Waals surface area contributed by atoms with Gasteiger partial charge in [-0.05, 0) is 52.7 Å². The topological polar surface area (TPSA) is 319 Å². The number of amides is 12. The molecule has 5 heterocycles. The zero-order chi connectivity index (χ0) is 52.7. The number of hydrogen-bond acceptors (Lipinski definition) is 16. The van der Waals surface area contributed by atoms with Gasteiger partial charge in [-0.1, -0.05) is 60.7 Å². The molecule has 28 heteroatoms. The second-order valence-electron chi connectivity index (χ2n) is 18.4. The summed E-state index contributed by atoms with van der Waals surface area (Å²) in [5.41, 5.74) is 0.359. The average molecular weight is 1080 g/mol. The average Bonchev–Trinajstić information content (AvgIpc) is 3.78. The number of β-lactam (4-membered cyclic amide) rings is 1. The predicted molar refractivity (Wildman–Crippen MR) is 249 cm³/mol. The van der Waals surface area contributed by atoms with Crippen molar-refractivity contribution >= 4 is 94.8 Å². The van der Waals surface area contributed by atoms with Crippen molar-refractivity contribution in [3.63, 3.8) is 0 Å². The van der Waals surface area contributed by atoms with Gasteiger partial charge in [0.2, 0.25) is 23.6 Å². The number of urea groups is 2. The van der Waals surface area contributed by atoms with Crippen LogP contribution in [0, 0.1) is 0 Å². The Morgan fingerprint density at radius 1 is 0.622 bits per heavy atom. The second kappa shape index (κ2) is 23.8. The molecule has 5 saturated heterocycles. The van der Waals surface area contributed by atoms with Gasteiger partial charge in [0.25, 0.3) is 0 Å². The van der Waals surface area contributed by atoms with E-state index in [2.05, 4.69) is 21.3 Å². The first-order valence-electron chi connectivity index (χ1n) is 22.9. The molecule has 0 spiro atoms. The number of carbonyl (C=O) groups is 12. The van der Waals surface area contributed by atoms with Crippen molar-refractivity contribution in [1.29, 1.82) is 0 Å². The molecule has 0 aromatic heterocycles. The van der Waals surface area contributed by atoms with Crippen LogP contribution in [0.3, 0.4) is 0 Å². The van der Waals surface area contributed by atoms with Crippen LogP contribution >= 0.6 is 23.5 Å². The molecular weight excluding hydrogens is 1030 g/mol. The fourth-order valence-electron chi connectivity index (χ4n) is 9.43. The third-order valence-corrected chi connectivity index (χ3v) is 16.3. The molecule has 2 aromatic carbocycles. The van der Waals surface area contributed by atoms with Crippen LogP contribution in [-0.2, 0) is 47.9 Å². The maximum absolute atomic E-state index is 15.2. The van der Waals surface area contributed by atoms with E-state index in [0.717, 1.165) is 21.6 Å². The van der Waals surface area contributed by atoms with E-state index in [-0.39, 0.29) is 110 Å². The Morgan fingerprint density at radius 3 is 1.50 bits per heavy atom. The fourth-order valence-corrected chi connectivity index (χ4v) is 12.7. The van der Waals surface area contributed by atoms with Crippen LogP contribution in [-0.4, -0.2) is 184 Å². The van der Waals surface area contributed by atoms with Crippen LogP contribution < -0.4 is 90.6 Å². The molecular formula is C46H52N10Na2O14S2. The number of imide groups is 2. The molecule has 1 unspecified atom stereocenters. The number of likely N-dealkylation sites (N-methyl/N-ethyl adjacent to an activating group) is 2. The van der Waals surface area contributed by atoms with Gasteiger partial charge in [0, 0.05) is 48.8 Å². The first kappa shape index (κ1) is 59.7. The Labute approximate surface area is 477 Å². The summed E-state index contributed by atoms with van der Waals surface area (Å²) in [6.07, 6.45) is 0. The van der Waals surface area contributed by atoms with Gasteiger partial charge in [-0.3, -0.25) is 48.2 Å². The van der Waals surface area contributed by atoms with Gasteiger partial charge in [-0.2, -0.15) is 0 Å². The smallest absolute Gasteiger partial charge is 0.548 e. The van der Waals surface area contributed by atoms with E-state index in [0.29, 0.717) is 21.6 Å². The molecule has 24 nitrogen and oxygen atoms in total. The molecule has 5 aliphatic heterocycles. The molecule has 0 radical (unpaired) electrons. The molecule has 12 amide bonds. The number of fused-ring (bicyclic) bond motifs is 1. The number of aliphatic carboxylic acids is 2. The monoisotopic (exact) mass is 1080 g/mol. The van der Waals surface area contributed by atoms with Gasteiger partial charge in [-0.25, -0.2) is 9.59 Å². The van der Waals surface area contributed by atoms with E-state index in [1.54, 1.807) is 52.0 Å². The van der Waals surface area contributed by atoms with E-state index in [1.807, 2.05) is 0 Å². The van der Waals surface area contributed by atoms with Crippen molar-refractivity contribution in [3.05, 3.63) is 71.8 Å². The summed E-state index contributed by atoms with van der Waals surface area (Å²) in [5, 5.41) is 33.4. The Kier molecular flexibility index (Phi) is 19.2. The van der Waals surface area contributed by atoms with Crippen molar-refractivity contribution in [3.8, 4) is 0 Å². The number of thioether (sulfide) groups is 2. The molecule has 74 heavy (non-hydrogen) atoms. The van der Waals surface area contributed by atoms with Crippen molar-refractivity contribution in [2.24, 2.45) is 0 Å². The maximum Gasteiger partial charge on any atom is 1.00 e. The Balaban J connectivity index is 0.00000507. The van der Waals surface area contributed by atoms with Gasteiger partial charge in [0.05, 0.1) is 24.0 Å². The van der Waals surface area contributed by atoms with Crippen LogP contribution in [0.4, 0.5) is 9.59 Å². The number of benzene rings is 2. The number of hydrogen-bond donors (Lipinski definition) is 4. The van der Waals surface area contributed by atoms with Crippen molar-refractivity contribution < 1.29 is 127 Å². The quantitative estimate of drug-likeness (QED) is 0.0776. The van der Waals surface area contributed by atoms with Crippen LogP contribution in [0.1, 0.15) is 64.8 Å². The van der Waals surface area contributed by atoms with E-state index < -0.39 is 128 Å². The second-order valence-corrected chi connectivity index (χ2v) is 21.9. The Morgan fingerprint density at radius 2 is 1.07 bits per heavy atom. The minimum atomic E-state index is -2.20. The first-order valence-corrected chi connectivity index (χ1v) is 24.7. The van der Waals surface area contributed by atoms with Crippen LogP contribution in [0.5, 0.6) is 0 Å². The van der Waals surface area contributed by atoms with Crippen molar-refractivity contribution in [2.75, 3.05) is 39.3 Å². The van der Waals surface area contributed by atoms with Gasteiger partial charge in [0.1, 0.15) is 34.9 Å². The molecule has 8 atom stereocenters. The molecule has 0 bridgehead atoms. The molecule has 5 aliphatic rings. The molecule has 384 valence electrons. The summed E-state index contributed by atoms with van der Waals surface area (Å²) >= 11 is 1.76. The summed E-state index contributed by atoms with van der Waals surface area (Å²) in [4.78, 5) is 168. The zero-order valence-electron chi connectivity index (χ0n) is 41.9. The van der Waals surface area contributed by atoms with E-state index in [9.17, 15) is 63.0 Å². The third-order valence-electron chi connectivity index (χ3n) is 13.1. The number of rotatable bonds is 14. The Hall–Kier alpha value is -5.22. The van der Waals surface area contributed by atoms with Gasteiger partial charge >= 0.3 is 94.8 Å². The van der Waals surface area contributed by atoms with E-state index in [4.69, 9.17) is 0 Å². The van der Waals surface area contributed by atoms with Crippen molar-refractivity contribution in [1.82, 2.24) is 50.7 Å². The summed E-state index contributed by atoms with van der Waals surface area (Å²) in [6, 6.07) is 3.02. The molecule has 7 rings (SSSR count). The third kappa shape index (κ3) is 11.5. The van der Waals surface area contributed by atoms with Crippen LogP contribution in [0.25, 0.3) is 0 Å². The normalized spacial score (nSPS) is 24.0. The number of nitrogens with one attached hydrogen (secondary N) is 4. The summed E-state index contributed by atoms with van der Waals surface area (Å²) < 4.78 is -2.78. The molecule has 0 aliphatic carbocycles. The summed E-state index contributed by atoms with van der Waals surface area (Å²) in [7, 11) is 0. The number of nitrogens with zero attached hydrogens (tertiary/aromatic N) is 6. The maximum atomic E-state index is 15.2. The van der Waals surface area contributed by atoms with Gasteiger partial charge < -0.3 is 60.7 Å². The minimum Gasteiger partial charge on any atom is -0.548 e. The standard InChI is InChI=1S/C46H54N10O14S2.2Na/c1-7-51-19-21-53(37(63)35(51)61)43(69)49-25(23-15-11-9-12-16-23)31(57)47-27-33(59)55-29(45(3,4)71-39(27)55)34(60)56-30(42(67)68)46(5,6)72-40(56)28(41(65)66)48-32(58)26(24-17-13-10-14-18-24)50-44(70)54-22-20-52(8-2)36(62)38(54)64;;/h9-18,25-30,39-40H,7-8,19-22H2,1-6H3,(H,47,57)(H,48,58)(H,49,69)(H,50,70)(H,65,66)(H,67,68);;/q;2*+1/p-2/t25-,26+,27-,28-,29+,30?,39-,40-;;/m1../s1. The number of piperazine rings is 2. The predicted octanol–water partition coefficient (Wildman–Crippen LogP) is -9.14. The summed E-state index contributed by atoms with van der Waals surface area (Å²) in [6.45, 7) is 9.46. The SMILES string of the molecule is CCN1CCN(C(=O)N[C@H](C(=O)N[C@@H](C(=O)[O-])[C@H]2SC(C)(C)C(C(=O)[O-])N2C(=O)[C@@H]2N3C(=O)[C@@H](NC(=O)[C@H](NC(=O)N4CCN(CC)C(=O)C4=O)c4ccccc4)[C@H]3SC2(C)C)c2ccccc2)C(=O)C1=O.[Na+].[Na+]. The van der Waals surface area contributed by atoms with Gasteiger partial charge in [-0.15, -0.1) is 23.5 Å². The van der Waals surface area contributed by atoms with E-state index in [1.165, 1.54) is 60.0 Å². The zero-order valence-corrected chi connectivity index (χ0v) is 47.5. The summed E-state index contributed by atoms with van der Waals surface area (Å²) in [5.74, 6) is -11.8. The molecule has 5 fully saturated rings. The van der Waals surface area contributed by atoms with Crippen molar-refractivity contribution in [2.45, 2.75) is 98.0 Å². The molecule has 2 aromatic rings. The molecule has 4 N–H and O–H groups in total. The first-order chi connectivity index (χ1) is 33.9.